The summed E-state index contributed by atoms with van der Waals surface area (Å²) in [5.74, 6) is -0.693. The molecule has 7 nitrogen and oxygen atoms in total. The number of rotatable bonds is 6. The fraction of sp³-hybridized carbons (Fsp3) is 0.462. The second-order valence-electron chi connectivity index (χ2n) is 4.56. The first-order chi connectivity index (χ1) is 9.32. The van der Waals surface area contributed by atoms with E-state index in [0.717, 1.165) is 0 Å². The molecule has 0 amide bonds. The van der Waals surface area contributed by atoms with Crippen molar-refractivity contribution in [2.45, 2.75) is 26.9 Å². The summed E-state index contributed by atoms with van der Waals surface area (Å²) in [7, 11) is 0. The lowest BCUT2D eigenvalue weighted by Crippen LogP contribution is -2.15. The van der Waals surface area contributed by atoms with Gasteiger partial charge in [0.25, 0.3) is 5.69 Å². The van der Waals surface area contributed by atoms with Crippen LogP contribution >= 0.6 is 0 Å². The summed E-state index contributed by atoms with van der Waals surface area (Å²) < 4.78 is 10.2. The smallest absolute Gasteiger partial charge is 0.340 e. The number of nitrogens with zero attached hydrogens (tertiary/aromatic N) is 1. The zero-order chi connectivity index (χ0) is 15.3. The number of nitro benzene ring substituents is 1. The summed E-state index contributed by atoms with van der Waals surface area (Å²) in [6.07, 6.45) is 0.0406. The van der Waals surface area contributed by atoms with Crippen molar-refractivity contribution in [3.63, 3.8) is 0 Å². The predicted molar refractivity (Wildman–Crippen MR) is 73.6 cm³/mol. The molecule has 0 unspecified atom stereocenters. The van der Waals surface area contributed by atoms with Gasteiger partial charge in [-0.25, -0.2) is 4.79 Å². The molecule has 0 fully saturated rings. The maximum atomic E-state index is 11.9. The van der Waals surface area contributed by atoms with Crippen molar-refractivity contribution in [1.82, 2.24) is 0 Å². The summed E-state index contributed by atoms with van der Waals surface area (Å²) in [6, 6.07) is 2.78. The molecule has 0 heterocycles. The molecule has 1 aromatic rings. The molecule has 1 rings (SSSR count). The van der Waals surface area contributed by atoms with Crippen LogP contribution in [0.4, 0.5) is 11.4 Å². The predicted octanol–water partition coefficient (Wildman–Crippen LogP) is 2.07. The number of benzene rings is 1. The van der Waals surface area contributed by atoms with Gasteiger partial charge in [0.1, 0.15) is 12.3 Å². The molecule has 0 aliphatic carbocycles. The number of ether oxygens (including phenoxy) is 2. The van der Waals surface area contributed by atoms with E-state index >= 15 is 0 Å². The highest BCUT2D eigenvalue weighted by Gasteiger charge is 2.21. The zero-order valence-corrected chi connectivity index (χ0v) is 11.7. The fourth-order valence-electron chi connectivity index (χ4n) is 1.59. The summed E-state index contributed by atoms with van der Waals surface area (Å²) in [6.45, 7) is 5.70. The Kier molecular flexibility index (Phi) is 5.45. The number of carbonyl (C=O) groups is 1. The molecule has 2 N–H and O–H groups in total. The lowest BCUT2D eigenvalue weighted by atomic mass is 10.1. The highest BCUT2D eigenvalue weighted by Crippen LogP contribution is 2.27. The monoisotopic (exact) mass is 282 g/mol. The minimum absolute atomic E-state index is 0.00115. The topological polar surface area (TPSA) is 105 Å². The second kappa shape index (κ2) is 6.85. The van der Waals surface area contributed by atoms with Crippen molar-refractivity contribution < 1.29 is 19.2 Å². The SMILES string of the molecule is Cc1cc(C(=O)OCCOC(C)C)c(N)c([N+](=O)[O-])c1. The Balaban J connectivity index is 2.80. The van der Waals surface area contributed by atoms with Crippen molar-refractivity contribution in [1.29, 1.82) is 0 Å². The number of nitrogen functional groups attached to an aromatic ring is 1. The zero-order valence-electron chi connectivity index (χ0n) is 11.7. The molecule has 0 aromatic heterocycles. The molecule has 1 aromatic carbocycles. The van der Waals surface area contributed by atoms with E-state index in [-0.39, 0.29) is 36.3 Å². The van der Waals surface area contributed by atoms with Gasteiger partial charge < -0.3 is 15.2 Å². The number of aryl methyl sites for hydroxylation is 1. The highest BCUT2D eigenvalue weighted by atomic mass is 16.6. The number of nitro groups is 1. The van der Waals surface area contributed by atoms with Gasteiger partial charge in [-0.15, -0.1) is 0 Å². The van der Waals surface area contributed by atoms with Crippen LogP contribution in [-0.4, -0.2) is 30.2 Å². The first kappa shape index (κ1) is 15.9. The van der Waals surface area contributed by atoms with Crippen LogP contribution in [0.3, 0.4) is 0 Å². The van der Waals surface area contributed by atoms with Crippen molar-refractivity contribution >= 4 is 17.3 Å². The maximum absolute atomic E-state index is 11.9. The summed E-state index contributed by atoms with van der Waals surface area (Å²) in [4.78, 5) is 22.1. The van der Waals surface area contributed by atoms with Gasteiger partial charge in [-0.3, -0.25) is 10.1 Å². The lowest BCUT2D eigenvalue weighted by Gasteiger charge is -2.10. The van der Waals surface area contributed by atoms with E-state index < -0.39 is 10.9 Å². The standard InChI is InChI=1S/C13H18N2O5/c1-8(2)19-4-5-20-13(16)10-6-9(3)7-11(12(10)14)15(17)18/h6-8H,4-5,14H2,1-3H3. The molecule has 110 valence electrons. The van der Waals surface area contributed by atoms with Crippen LogP contribution in [-0.2, 0) is 9.47 Å². The van der Waals surface area contributed by atoms with Gasteiger partial charge in [-0.2, -0.15) is 0 Å². The summed E-state index contributed by atoms with van der Waals surface area (Å²) >= 11 is 0. The van der Waals surface area contributed by atoms with Gasteiger partial charge in [-0.1, -0.05) is 0 Å². The molecule has 0 saturated heterocycles. The maximum Gasteiger partial charge on any atom is 0.340 e. The molecule has 0 radical (unpaired) electrons. The number of esters is 1. The Morgan fingerprint density at radius 3 is 2.60 bits per heavy atom. The van der Waals surface area contributed by atoms with E-state index in [1.807, 2.05) is 13.8 Å². The van der Waals surface area contributed by atoms with Gasteiger partial charge in [0.2, 0.25) is 0 Å². The molecule has 0 spiro atoms. The van der Waals surface area contributed by atoms with Crippen molar-refractivity contribution in [3.05, 3.63) is 33.4 Å². The van der Waals surface area contributed by atoms with Crippen molar-refractivity contribution in [2.24, 2.45) is 0 Å². The first-order valence-corrected chi connectivity index (χ1v) is 6.16. The molecular weight excluding hydrogens is 264 g/mol. The van der Waals surface area contributed by atoms with Crippen LogP contribution in [0.25, 0.3) is 0 Å². The average molecular weight is 282 g/mol. The Labute approximate surface area is 116 Å². The Bertz CT molecular complexity index is 514. The molecule has 0 aliphatic rings. The normalized spacial score (nSPS) is 10.6. The van der Waals surface area contributed by atoms with Gasteiger partial charge >= 0.3 is 5.97 Å². The Hall–Kier alpha value is -2.15. The minimum Gasteiger partial charge on any atom is -0.460 e. The molecule has 0 aliphatic heterocycles. The van der Waals surface area contributed by atoms with E-state index in [1.165, 1.54) is 12.1 Å². The van der Waals surface area contributed by atoms with Crippen molar-refractivity contribution in [2.75, 3.05) is 18.9 Å². The Morgan fingerprint density at radius 1 is 1.40 bits per heavy atom. The quantitative estimate of drug-likeness (QED) is 0.281. The number of nitrogens with two attached hydrogens (primary N) is 1. The number of hydrogen-bond donors (Lipinski definition) is 1. The molecule has 0 atom stereocenters. The third-order valence-corrected chi connectivity index (χ3v) is 2.49. The van der Waals surface area contributed by atoms with Crippen LogP contribution in [0.5, 0.6) is 0 Å². The number of anilines is 1. The van der Waals surface area contributed by atoms with E-state index in [4.69, 9.17) is 15.2 Å². The molecule has 20 heavy (non-hydrogen) atoms. The van der Waals surface area contributed by atoms with E-state index in [1.54, 1.807) is 6.92 Å². The van der Waals surface area contributed by atoms with Gasteiger partial charge in [0.15, 0.2) is 0 Å². The number of carbonyl (C=O) groups excluding carboxylic acids is 1. The van der Waals surface area contributed by atoms with E-state index in [0.29, 0.717) is 5.56 Å². The van der Waals surface area contributed by atoms with Gasteiger partial charge in [0.05, 0.1) is 23.2 Å². The van der Waals surface area contributed by atoms with Crippen LogP contribution in [0, 0.1) is 17.0 Å². The van der Waals surface area contributed by atoms with Crippen LogP contribution < -0.4 is 5.73 Å². The van der Waals surface area contributed by atoms with Crippen LogP contribution in [0.2, 0.25) is 0 Å². The fourth-order valence-corrected chi connectivity index (χ4v) is 1.59. The van der Waals surface area contributed by atoms with E-state index in [9.17, 15) is 14.9 Å². The number of hydrogen-bond acceptors (Lipinski definition) is 6. The second-order valence-corrected chi connectivity index (χ2v) is 4.56. The minimum atomic E-state index is -0.693. The molecule has 7 heteroatoms. The Morgan fingerprint density at radius 2 is 2.05 bits per heavy atom. The lowest BCUT2D eigenvalue weighted by molar-refractivity contribution is -0.384. The first-order valence-electron chi connectivity index (χ1n) is 6.16. The van der Waals surface area contributed by atoms with Crippen LogP contribution in [0.15, 0.2) is 12.1 Å². The third-order valence-electron chi connectivity index (χ3n) is 2.49. The summed E-state index contributed by atoms with van der Waals surface area (Å²) in [5.41, 5.74) is 5.72. The van der Waals surface area contributed by atoms with Gasteiger partial charge in [-0.05, 0) is 32.4 Å². The van der Waals surface area contributed by atoms with E-state index in [2.05, 4.69) is 0 Å². The average Bonchev–Trinajstić information content (AvgIpc) is 2.36. The largest absolute Gasteiger partial charge is 0.460 e. The highest BCUT2D eigenvalue weighted by molar-refractivity contribution is 5.97. The van der Waals surface area contributed by atoms with Gasteiger partial charge in [0, 0.05) is 6.07 Å². The molecular formula is C13H18N2O5. The third kappa shape index (κ3) is 4.20. The van der Waals surface area contributed by atoms with Crippen LogP contribution in [0.1, 0.15) is 29.8 Å². The van der Waals surface area contributed by atoms with Crippen molar-refractivity contribution in [3.8, 4) is 0 Å². The molecule has 0 saturated carbocycles. The molecule has 0 bridgehead atoms. The summed E-state index contributed by atoms with van der Waals surface area (Å²) in [5, 5.41) is 10.8.